The van der Waals surface area contributed by atoms with Gasteiger partial charge in [-0.1, -0.05) is 0 Å². The normalized spacial score (nSPS) is 14.2. The molecule has 0 aromatic carbocycles. The van der Waals surface area contributed by atoms with Crippen molar-refractivity contribution in [2.75, 3.05) is 5.75 Å². The summed E-state index contributed by atoms with van der Waals surface area (Å²) >= 11 is 1.81. The number of nitrogens with one attached hydrogen (secondary N) is 1. The van der Waals surface area contributed by atoms with Crippen LogP contribution in [-0.4, -0.2) is 22.3 Å². The Morgan fingerprint density at radius 1 is 1.44 bits per heavy atom. The van der Waals surface area contributed by atoms with Crippen molar-refractivity contribution in [2.24, 2.45) is 0 Å². The summed E-state index contributed by atoms with van der Waals surface area (Å²) in [5.74, 6) is 1.03. The Kier molecular flexibility index (Phi) is 6.17. The Hall–Kier alpha value is -1.05. The van der Waals surface area contributed by atoms with E-state index in [0.29, 0.717) is 6.04 Å². The van der Waals surface area contributed by atoms with Crippen molar-refractivity contribution in [1.29, 1.82) is 5.26 Å². The number of hydrogen-bond acceptors (Lipinski definition) is 4. The minimum absolute atomic E-state index is 0.336. The maximum atomic E-state index is 9.22. The van der Waals surface area contributed by atoms with E-state index < -0.39 is 5.54 Å². The maximum absolute atomic E-state index is 9.22. The summed E-state index contributed by atoms with van der Waals surface area (Å²) < 4.78 is 0. The number of hydrogen-bond donors (Lipinski definition) is 1. The molecule has 0 fully saturated rings. The fraction of sp³-hybridized carbons (Fsp3) is 0.571. The van der Waals surface area contributed by atoms with E-state index in [-0.39, 0.29) is 0 Å². The van der Waals surface area contributed by atoms with Crippen LogP contribution in [0.1, 0.15) is 33.6 Å². The standard InChI is InChI=1S/C14H21N3S/c1-12(2)17-14(3,11-15)7-4-10-18-13-5-8-16-9-6-13/h5-6,8-9,12,17H,4,7,10H2,1-3H3. The summed E-state index contributed by atoms with van der Waals surface area (Å²) in [6, 6.07) is 6.74. The van der Waals surface area contributed by atoms with Crippen LogP contribution < -0.4 is 5.32 Å². The minimum atomic E-state index is -0.410. The summed E-state index contributed by atoms with van der Waals surface area (Å²) in [6.07, 6.45) is 5.51. The molecule has 1 aromatic rings. The number of nitriles is 1. The molecule has 0 radical (unpaired) electrons. The van der Waals surface area contributed by atoms with Gasteiger partial charge in [0.05, 0.1) is 6.07 Å². The second-order valence-electron chi connectivity index (χ2n) is 4.88. The van der Waals surface area contributed by atoms with Crippen molar-refractivity contribution < 1.29 is 0 Å². The van der Waals surface area contributed by atoms with Crippen LogP contribution in [0.3, 0.4) is 0 Å². The predicted molar refractivity (Wildman–Crippen MR) is 76.5 cm³/mol. The van der Waals surface area contributed by atoms with Crippen LogP contribution in [0.25, 0.3) is 0 Å². The van der Waals surface area contributed by atoms with E-state index in [2.05, 4.69) is 30.2 Å². The molecule has 0 saturated heterocycles. The molecule has 0 aliphatic carbocycles. The first-order valence-corrected chi connectivity index (χ1v) is 7.26. The largest absolute Gasteiger partial charge is 0.297 e. The molecule has 18 heavy (non-hydrogen) atoms. The minimum Gasteiger partial charge on any atom is -0.297 e. The van der Waals surface area contributed by atoms with Gasteiger partial charge >= 0.3 is 0 Å². The Balaban J connectivity index is 2.30. The van der Waals surface area contributed by atoms with Crippen molar-refractivity contribution in [2.45, 2.75) is 50.1 Å². The molecule has 0 bridgehead atoms. The van der Waals surface area contributed by atoms with Gasteiger partial charge in [0.25, 0.3) is 0 Å². The molecular weight excluding hydrogens is 242 g/mol. The Bertz CT molecular complexity index is 386. The third kappa shape index (κ3) is 5.52. The van der Waals surface area contributed by atoms with Crippen LogP contribution in [0.4, 0.5) is 0 Å². The molecule has 0 spiro atoms. The van der Waals surface area contributed by atoms with Gasteiger partial charge in [0.2, 0.25) is 0 Å². The van der Waals surface area contributed by atoms with E-state index in [1.54, 1.807) is 0 Å². The summed E-state index contributed by atoms with van der Waals surface area (Å²) in [7, 11) is 0. The lowest BCUT2D eigenvalue weighted by atomic mass is 9.97. The highest BCUT2D eigenvalue weighted by molar-refractivity contribution is 7.99. The molecule has 1 rings (SSSR count). The molecule has 1 unspecified atom stereocenters. The molecule has 1 aromatic heterocycles. The fourth-order valence-corrected chi connectivity index (χ4v) is 2.69. The molecule has 0 aliphatic rings. The van der Waals surface area contributed by atoms with E-state index in [9.17, 15) is 5.26 Å². The van der Waals surface area contributed by atoms with Crippen molar-refractivity contribution in [3.8, 4) is 6.07 Å². The highest BCUT2D eigenvalue weighted by atomic mass is 32.2. The van der Waals surface area contributed by atoms with Gasteiger partial charge in [0.1, 0.15) is 5.54 Å². The SMILES string of the molecule is CC(C)NC(C)(C#N)CCCSc1ccncc1. The van der Waals surface area contributed by atoms with Crippen LogP contribution in [-0.2, 0) is 0 Å². The van der Waals surface area contributed by atoms with Gasteiger partial charge in [-0.25, -0.2) is 0 Å². The molecule has 1 heterocycles. The van der Waals surface area contributed by atoms with Gasteiger partial charge in [-0.15, -0.1) is 11.8 Å². The lowest BCUT2D eigenvalue weighted by molar-refractivity contribution is 0.380. The first-order valence-electron chi connectivity index (χ1n) is 6.27. The maximum Gasteiger partial charge on any atom is 0.104 e. The van der Waals surface area contributed by atoms with E-state index in [0.717, 1.165) is 18.6 Å². The third-order valence-electron chi connectivity index (χ3n) is 2.59. The van der Waals surface area contributed by atoms with E-state index in [1.807, 2.05) is 43.2 Å². The van der Waals surface area contributed by atoms with Crippen LogP contribution in [0.15, 0.2) is 29.4 Å². The lowest BCUT2D eigenvalue weighted by Crippen LogP contribution is -2.44. The lowest BCUT2D eigenvalue weighted by Gasteiger charge is -2.25. The first-order chi connectivity index (χ1) is 8.56. The van der Waals surface area contributed by atoms with Gasteiger partial charge in [-0.05, 0) is 51.5 Å². The average molecular weight is 263 g/mol. The topological polar surface area (TPSA) is 48.7 Å². The van der Waals surface area contributed by atoms with Gasteiger partial charge in [0.15, 0.2) is 0 Å². The molecule has 0 aliphatic heterocycles. The van der Waals surface area contributed by atoms with Crippen LogP contribution in [0, 0.1) is 11.3 Å². The van der Waals surface area contributed by atoms with E-state index in [4.69, 9.17) is 0 Å². The third-order valence-corrected chi connectivity index (χ3v) is 3.69. The van der Waals surface area contributed by atoms with Crippen molar-refractivity contribution in [1.82, 2.24) is 10.3 Å². The smallest absolute Gasteiger partial charge is 0.104 e. The number of aromatic nitrogens is 1. The van der Waals surface area contributed by atoms with Crippen molar-refractivity contribution in [3.05, 3.63) is 24.5 Å². The predicted octanol–water partition coefficient (Wildman–Crippen LogP) is 3.23. The zero-order valence-corrected chi connectivity index (χ0v) is 12.1. The molecule has 0 amide bonds. The number of thioether (sulfide) groups is 1. The van der Waals surface area contributed by atoms with E-state index in [1.165, 1.54) is 4.90 Å². The summed E-state index contributed by atoms with van der Waals surface area (Å²) in [5.41, 5.74) is -0.410. The highest BCUT2D eigenvalue weighted by Gasteiger charge is 2.23. The summed E-state index contributed by atoms with van der Waals surface area (Å²) in [5, 5.41) is 12.5. The monoisotopic (exact) mass is 263 g/mol. The number of rotatable bonds is 7. The second kappa shape index (κ2) is 7.40. The zero-order chi connectivity index (χ0) is 13.4. The van der Waals surface area contributed by atoms with Crippen LogP contribution in [0.2, 0.25) is 0 Å². The molecule has 1 atom stereocenters. The van der Waals surface area contributed by atoms with Crippen LogP contribution >= 0.6 is 11.8 Å². The molecule has 3 nitrogen and oxygen atoms in total. The second-order valence-corrected chi connectivity index (χ2v) is 6.05. The molecule has 4 heteroatoms. The molecule has 1 N–H and O–H groups in total. The number of nitrogens with zero attached hydrogens (tertiary/aromatic N) is 2. The first kappa shape index (κ1) is 15.0. The highest BCUT2D eigenvalue weighted by Crippen LogP contribution is 2.20. The Morgan fingerprint density at radius 2 is 2.11 bits per heavy atom. The molecular formula is C14H21N3S. The summed E-state index contributed by atoms with van der Waals surface area (Å²) in [4.78, 5) is 5.23. The van der Waals surface area contributed by atoms with Crippen molar-refractivity contribution in [3.63, 3.8) is 0 Å². The fourth-order valence-electron chi connectivity index (χ4n) is 1.85. The number of pyridine rings is 1. The zero-order valence-electron chi connectivity index (χ0n) is 11.3. The van der Waals surface area contributed by atoms with Crippen LogP contribution in [0.5, 0.6) is 0 Å². The van der Waals surface area contributed by atoms with Gasteiger partial charge in [-0.2, -0.15) is 5.26 Å². The Labute approximate surface area is 114 Å². The average Bonchev–Trinajstić information content (AvgIpc) is 2.35. The van der Waals surface area contributed by atoms with Crippen molar-refractivity contribution >= 4 is 11.8 Å². The van der Waals surface area contributed by atoms with Gasteiger partial charge < -0.3 is 0 Å². The molecule has 98 valence electrons. The van der Waals surface area contributed by atoms with E-state index >= 15 is 0 Å². The quantitative estimate of drug-likeness (QED) is 0.606. The summed E-state index contributed by atoms with van der Waals surface area (Å²) in [6.45, 7) is 6.12. The van der Waals surface area contributed by atoms with Gasteiger partial charge in [0, 0.05) is 23.3 Å². The molecule has 0 saturated carbocycles. The van der Waals surface area contributed by atoms with Gasteiger partial charge in [-0.3, -0.25) is 10.3 Å². The Morgan fingerprint density at radius 3 is 2.67 bits per heavy atom.